The molecule has 1 aliphatic carbocycles. The van der Waals surface area contributed by atoms with E-state index in [9.17, 15) is 14.3 Å². The Hall–Kier alpha value is -3.95. The number of aromatic hydroxyl groups is 1. The Morgan fingerprint density at radius 2 is 1.82 bits per heavy atom. The smallest absolute Gasteiger partial charge is 0.410 e. The van der Waals surface area contributed by atoms with Crippen molar-refractivity contribution in [3.63, 3.8) is 0 Å². The van der Waals surface area contributed by atoms with E-state index in [2.05, 4.69) is 9.88 Å². The maximum atomic E-state index is 13.7. The van der Waals surface area contributed by atoms with Gasteiger partial charge in [-0.25, -0.2) is 24.1 Å². The number of nitrogens with zero attached hydrogens (tertiary/aromatic N) is 5. The molecule has 0 spiro atoms. The molecule has 1 unspecified atom stereocenters. The van der Waals surface area contributed by atoms with Crippen molar-refractivity contribution < 1.29 is 23.4 Å². The van der Waals surface area contributed by atoms with E-state index in [4.69, 9.17) is 19.1 Å². The van der Waals surface area contributed by atoms with Crippen LogP contribution < -0.4 is 4.90 Å². The second-order valence-corrected chi connectivity index (χ2v) is 11.5. The van der Waals surface area contributed by atoms with E-state index in [-0.39, 0.29) is 23.9 Å². The number of aryl methyl sites for hydroxylation is 1. The van der Waals surface area contributed by atoms with E-state index in [0.29, 0.717) is 53.2 Å². The number of ether oxygens (including phenoxy) is 1. The number of rotatable bonds is 4. The summed E-state index contributed by atoms with van der Waals surface area (Å²) in [7, 11) is 0. The monoisotopic (exact) mass is 533 g/mol. The molecule has 1 N–H and O–H groups in total. The maximum Gasteiger partial charge on any atom is 0.410 e. The topological polar surface area (TPSA) is 105 Å². The molecule has 0 radical (unpaired) electrons. The third kappa shape index (κ3) is 4.95. The molecule has 2 aliphatic rings. The van der Waals surface area contributed by atoms with Crippen LogP contribution in [0.15, 0.2) is 40.8 Å². The fourth-order valence-electron chi connectivity index (χ4n) is 5.44. The summed E-state index contributed by atoms with van der Waals surface area (Å²) >= 11 is 0. The van der Waals surface area contributed by atoms with E-state index in [1.807, 2.05) is 45.0 Å². The highest BCUT2D eigenvalue weighted by atomic mass is 19.1. The number of phenols is 1. The van der Waals surface area contributed by atoms with Crippen molar-refractivity contribution in [2.75, 3.05) is 18.0 Å². The highest BCUT2D eigenvalue weighted by Crippen LogP contribution is 2.36. The van der Waals surface area contributed by atoms with Crippen LogP contribution in [0.4, 0.5) is 15.0 Å². The Bertz CT molecular complexity index is 1560. The molecule has 10 heteroatoms. The van der Waals surface area contributed by atoms with Gasteiger partial charge in [-0.05, 0) is 70.4 Å². The number of phenolic OH excluding ortho intramolecular Hbond substituents is 1. The molecule has 2 fully saturated rings. The summed E-state index contributed by atoms with van der Waals surface area (Å²) < 4.78 is 25.0. The van der Waals surface area contributed by atoms with E-state index in [1.165, 1.54) is 0 Å². The Balaban J connectivity index is 1.22. The zero-order valence-electron chi connectivity index (χ0n) is 22.5. The summed E-state index contributed by atoms with van der Waals surface area (Å²) in [5.74, 6) is 1.40. The molecular formula is C29H32FN5O4. The zero-order chi connectivity index (χ0) is 27.5. The minimum atomic E-state index is -0.860. The SMILES string of the molecule is Cc1nc2cc(O)c(-c3ccc4nc(N5CCC(N(C(=O)OC(C)(C)C)C6CC(F)C6)C5)ccc4n3)cc2o1. The van der Waals surface area contributed by atoms with Gasteiger partial charge in [0.05, 0.1) is 22.8 Å². The molecule has 1 saturated heterocycles. The van der Waals surface area contributed by atoms with Crippen LogP contribution in [-0.4, -0.2) is 68.0 Å². The van der Waals surface area contributed by atoms with Crippen molar-refractivity contribution in [1.82, 2.24) is 19.9 Å². The molecule has 39 heavy (non-hydrogen) atoms. The number of fused-ring (bicyclic) bond motifs is 2. The number of anilines is 1. The molecule has 1 aliphatic heterocycles. The van der Waals surface area contributed by atoms with E-state index in [0.717, 1.165) is 24.3 Å². The van der Waals surface area contributed by atoms with E-state index < -0.39 is 11.8 Å². The van der Waals surface area contributed by atoms with Gasteiger partial charge >= 0.3 is 6.09 Å². The summed E-state index contributed by atoms with van der Waals surface area (Å²) in [6.45, 7) is 8.62. The molecule has 1 aromatic carbocycles. The largest absolute Gasteiger partial charge is 0.507 e. The zero-order valence-corrected chi connectivity index (χ0v) is 22.5. The number of hydrogen-bond donors (Lipinski definition) is 1. The van der Waals surface area contributed by atoms with Crippen LogP contribution >= 0.6 is 0 Å². The molecule has 1 atom stereocenters. The fraction of sp³-hybridized carbons (Fsp3) is 0.448. The van der Waals surface area contributed by atoms with Gasteiger partial charge in [0.15, 0.2) is 11.5 Å². The van der Waals surface area contributed by atoms with Crippen LogP contribution in [0.3, 0.4) is 0 Å². The van der Waals surface area contributed by atoms with Crippen LogP contribution in [-0.2, 0) is 4.74 Å². The number of oxazole rings is 1. The minimum absolute atomic E-state index is 0.0760. The molecule has 1 amide bonds. The number of halogens is 1. The number of hydrogen-bond acceptors (Lipinski definition) is 8. The second kappa shape index (κ2) is 9.36. The number of amides is 1. The first-order valence-corrected chi connectivity index (χ1v) is 13.3. The lowest BCUT2D eigenvalue weighted by atomic mass is 9.88. The standard InChI is InChI=1S/C29H32FN5O4/c1-16-31-24-14-25(36)20(13-26(24)38-16)21-5-6-23-22(32-21)7-8-27(33-23)34-10-9-18(15-34)35(19-11-17(30)12-19)28(37)39-29(2,3)4/h5-8,13-14,17-19,36H,9-12,15H2,1-4H3. The van der Waals surface area contributed by atoms with Crippen molar-refractivity contribution in [2.24, 2.45) is 0 Å². The van der Waals surface area contributed by atoms with Crippen LogP contribution in [0.25, 0.3) is 33.4 Å². The number of carbonyl (C=O) groups is 1. The van der Waals surface area contributed by atoms with E-state index >= 15 is 0 Å². The molecule has 3 aromatic heterocycles. The van der Waals surface area contributed by atoms with Crippen molar-refractivity contribution in [3.05, 3.63) is 42.3 Å². The van der Waals surface area contributed by atoms with Crippen molar-refractivity contribution in [2.45, 2.75) is 70.8 Å². The van der Waals surface area contributed by atoms with Crippen LogP contribution in [0.5, 0.6) is 5.75 Å². The van der Waals surface area contributed by atoms with Gasteiger partial charge in [-0.1, -0.05) is 0 Å². The van der Waals surface area contributed by atoms with Crippen LogP contribution in [0, 0.1) is 6.92 Å². The second-order valence-electron chi connectivity index (χ2n) is 11.5. The maximum absolute atomic E-state index is 13.7. The normalized spacial score (nSPS) is 21.4. The van der Waals surface area contributed by atoms with Gasteiger partial charge < -0.3 is 24.1 Å². The van der Waals surface area contributed by atoms with Crippen molar-refractivity contribution in [1.29, 1.82) is 0 Å². The third-order valence-electron chi connectivity index (χ3n) is 7.35. The van der Waals surface area contributed by atoms with Crippen molar-refractivity contribution >= 4 is 34.0 Å². The predicted octanol–water partition coefficient (Wildman–Crippen LogP) is 5.77. The summed E-state index contributed by atoms with van der Waals surface area (Å²) in [6.07, 6.45) is 0.233. The average Bonchev–Trinajstić information content (AvgIpc) is 3.47. The molecule has 4 heterocycles. The van der Waals surface area contributed by atoms with Crippen molar-refractivity contribution in [3.8, 4) is 17.0 Å². The molecular weight excluding hydrogens is 501 g/mol. The summed E-state index contributed by atoms with van der Waals surface area (Å²) in [4.78, 5) is 30.8. The van der Waals surface area contributed by atoms with Gasteiger partial charge in [-0.2, -0.15) is 0 Å². The Morgan fingerprint density at radius 3 is 2.56 bits per heavy atom. The highest BCUT2D eigenvalue weighted by molar-refractivity contribution is 5.86. The molecule has 4 aromatic rings. The molecule has 0 bridgehead atoms. The highest BCUT2D eigenvalue weighted by Gasteiger charge is 2.43. The van der Waals surface area contributed by atoms with Crippen LogP contribution in [0.1, 0.15) is 45.9 Å². The lowest BCUT2D eigenvalue weighted by molar-refractivity contribution is -0.0178. The van der Waals surface area contributed by atoms with Gasteiger partial charge in [0.1, 0.15) is 28.9 Å². The first kappa shape index (κ1) is 25.3. The van der Waals surface area contributed by atoms with Gasteiger partial charge in [0.25, 0.3) is 0 Å². The lowest BCUT2D eigenvalue weighted by Gasteiger charge is -2.43. The Labute approximate surface area is 225 Å². The average molecular weight is 534 g/mol. The Kier molecular flexibility index (Phi) is 6.08. The number of carbonyl (C=O) groups excluding carboxylic acids is 1. The summed E-state index contributed by atoms with van der Waals surface area (Å²) in [5, 5.41) is 10.6. The van der Waals surface area contributed by atoms with Gasteiger partial charge in [0.2, 0.25) is 0 Å². The van der Waals surface area contributed by atoms with Crippen LogP contribution in [0.2, 0.25) is 0 Å². The third-order valence-corrected chi connectivity index (χ3v) is 7.35. The first-order chi connectivity index (χ1) is 18.5. The first-order valence-electron chi connectivity index (χ1n) is 13.3. The number of pyridine rings is 2. The Morgan fingerprint density at radius 1 is 1.08 bits per heavy atom. The fourth-order valence-corrected chi connectivity index (χ4v) is 5.44. The number of alkyl halides is 1. The van der Waals surface area contributed by atoms with Gasteiger partial charge in [0, 0.05) is 37.7 Å². The van der Waals surface area contributed by atoms with E-state index in [1.54, 1.807) is 24.0 Å². The lowest BCUT2D eigenvalue weighted by Crippen LogP contribution is -2.55. The number of aromatic nitrogens is 3. The molecule has 1 saturated carbocycles. The quantitative estimate of drug-likeness (QED) is 0.353. The van der Waals surface area contributed by atoms with Gasteiger partial charge in [-0.15, -0.1) is 0 Å². The molecule has 9 nitrogen and oxygen atoms in total. The predicted molar refractivity (Wildman–Crippen MR) is 146 cm³/mol. The summed E-state index contributed by atoms with van der Waals surface area (Å²) in [6, 6.07) is 10.6. The number of benzene rings is 1. The molecule has 204 valence electrons. The minimum Gasteiger partial charge on any atom is -0.507 e. The molecule has 6 rings (SSSR count). The van der Waals surface area contributed by atoms with Gasteiger partial charge in [-0.3, -0.25) is 0 Å². The summed E-state index contributed by atoms with van der Waals surface area (Å²) in [5.41, 5.74) is 3.14.